The van der Waals surface area contributed by atoms with Crippen molar-refractivity contribution >= 4 is 33.8 Å². The lowest BCUT2D eigenvalue weighted by atomic mass is 10.4. The molecule has 192 valence electrons. The summed E-state index contributed by atoms with van der Waals surface area (Å²) in [6.07, 6.45) is 5.96. The minimum Gasteiger partial charge on any atom is -0.394 e. The van der Waals surface area contributed by atoms with Gasteiger partial charge >= 0.3 is 5.69 Å². The van der Waals surface area contributed by atoms with Crippen LogP contribution in [0.25, 0.3) is 22.3 Å². The molecule has 5 aromatic heterocycles. The lowest BCUT2D eigenvalue weighted by Gasteiger charge is -1.98. The van der Waals surface area contributed by atoms with E-state index in [0.29, 0.717) is 22.7 Å². The predicted octanol–water partition coefficient (Wildman–Crippen LogP) is 1.86. The molecule has 14 heteroatoms. The first kappa shape index (κ1) is 29.2. The Labute approximate surface area is 208 Å². The number of H-pyrrole nitrogens is 3. The third-order valence-electron chi connectivity index (χ3n) is 4.42. The van der Waals surface area contributed by atoms with Crippen LogP contribution < -0.4 is 22.5 Å². The van der Waals surface area contributed by atoms with E-state index in [1.54, 1.807) is 13.1 Å². The van der Waals surface area contributed by atoms with E-state index in [-0.39, 0.29) is 13.1 Å². The first-order valence-electron chi connectivity index (χ1n) is 10.3. The van der Waals surface area contributed by atoms with Crippen LogP contribution in [0.2, 0.25) is 0 Å². The molecule has 5 aromatic rings. The van der Waals surface area contributed by atoms with Crippen molar-refractivity contribution in [3.05, 3.63) is 65.2 Å². The molecule has 0 unspecified atom stereocenters. The van der Waals surface area contributed by atoms with Crippen molar-refractivity contribution in [1.82, 2.24) is 55.2 Å². The summed E-state index contributed by atoms with van der Waals surface area (Å²) in [4.78, 5) is 46.5. The molecule has 14 nitrogen and oxygen atoms in total. The van der Waals surface area contributed by atoms with Crippen LogP contribution >= 0.6 is 0 Å². The normalized spacial score (nSPS) is 9.47. The van der Waals surface area contributed by atoms with Crippen molar-refractivity contribution in [1.29, 1.82) is 0 Å². The largest absolute Gasteiger partial charge is 0.394 e. The second-order valence-electron chi connectivity index (χ2n) is 6.99. The molecule has 0 fully saturated rings. The molecule has 0 aromatic carbocycles. The van der Waals surface area contributed by atoms with Gasteiger partial charge in [-0.25, -0.2) is 39.7 Å². The molecule has 0 atom stereocenters. The van der Waals surface area contributed by atoms with Gasteiger partial charge in [-0.2, -0.15) is 0 Å². The first-order valence-corrected chi connectivity index (χ1v) is 10.3. The molecule has 0 radical (unpaired) electrons. The summed E-state index contributed by atoms with van der Waals surface area (Å²) >= 11 is 0. The maximum atomic E-state index is 10.8. The number of nitrogens with one attached hydrogen (secondary N) is 4. The first-order chi connectivity index (χ1) is 16.7. The molecule has 0 saturated heterocycles. The van der Waals surface area contributed by atoms with E-state index in [2.05, 4.69) is 61.7 Å². The number of hydrogen-bond donors (Lipinski definition) is 6. The summed E-state index contributed by atoms with van der Waals surface area (Å²) in [5.74, 6) is 1.23. The summed E-state index contributed by atoms with van der Waals surface area (Å²) in [7, 11) is 1.81. The fourth-order valence-electron chi connectivity index (χ4n) is 2.53. The van der Waals surface area contributed by atoms with Crippen molar-refractivity contribution in [2.75, 3.05) is 18.5 Å². The maximum Gasteiger partial charge on any atom is 0.325 e. The summed E-state index contributed by atoms with van der Waals surface area (Å²) < 4.78 is 0. The Hall–Kier alpha value is -4.88. The molecule has 0 aliphatic heterocycles. The van der Waals surface area contributed by atoms with Crippen molar-refractivity contribution < 1.29 is 0 Å². The highest BCUT2D eigenvalue weighted by atomic mass is 16.1. The standard InChI is InChI=1S/C7H8N4.C6H6N4O.C5H8N4.C3H7N.CH4/c1-4-6-7(9-3-8-4)11-5(2)10-6;1-3-4-5(8-2-7-3)10-6(11)9-4;1-3-4(6)5(7)9-2-8-3;1-3-4-2;/h3H,1-2H3,(H,8,9,10,11);2H,1H3,(H2,7,8,9,10,11);2H,6H2,1H3,(H2,7,8,9);3-4H,1H2,2H3;1H4. The molecular formula is C22H33N13O. The minimum absolute atomic E-state index is 0. The lowest BCUT2D eigenvalue weighted by molar-refractivity contribution is 1.11. The Kier molecular flexibility index (Phi) is 11.1. The monoisotopic (exact) mass is 495 g/mol. The van der Waals surface area contributed by atoms with E-state index in [9.17, 15) is 4.79 Å². The predicted molar refractivity (Wildman–Crippen MR) is 142 cm³/mol. The SMILES string of the molecule is C.C=CNC.Cc1nc2ncnc(C)c2[nH]1.Cc1ncnc(N)c1N.Cc1ncnc2[nH]c(=O)[nH]c12. The van der Waals surface area contributed by atoms with Crippen molar-refractivity contribution in [3.63, 3.8) is 0 Å². The van der Waals surface area contributed by atoms with E-state index >= 15 is 0 Å². The Balaban J connectivity index is 0.000000250. The highest BCUT2D eigenvalue weighted by molar-refractivity contribution is 5.72. The summed E-state index contributed by atoms with van der Waals surface area (Å²) in [6.45, 7) is 10.8. The average Bonchev–Trinajstić information content (AvgIpc) is 3.41. The second-order valence-corrected chi connectivity index (χ2v) is 6.99. The second kappa shape index (κ2) is 13.7. The van der Waals surface area contributed by atoms with E-state index in [4.69, 9.17) is 11.5 Å². The van der Waals surface area contributed by atoms with Gasteiger partial charge in [-0.15, -0.1) is 0 Å². The number of aromatic nitrogens is 10. The fourth-order valence-corrected chi connectivity index (χ4v) is 2.53. The zero-order chi connectivity index (χ0) is 26.0. The quantitative estimate of drug-likeness (QED) is 0.197. The number of nitrogen functional groups attached to an aromatic ring is 2. The van der Waals surface area contributed by atoms with Gasteiger partial charge in [0.25, 0.3) is 0 Å². The van der Waals surface area contributed by atoms with E-state index < -0.39 is 0 Å². The van der Waals surface area contributed by atoms with E-state index in [1.165, 1.54) is 19.0 Å². The van der Waals surface area contributed by atoms with Crippen LogP contribution in [-0.4, -0.2) is 56.9 Å². The van der Waals surface area contributed by atoms with Gasteiger partial charge in [0, 0.05) is 7.05 Å². The smallest absolute Gasteiger partial charge is 0.325 e. The number of rotatable bonds is 1. The topological polar surface area (TPSA) is 219 Å². The van der Waals surface area contributed by atoms with Gasteiger partial charge < -0.3 is 26.8 Å². The van der Waals surface area contributed by atoms with Gasteiger partial charge in [0.15, 0.2) is 11.3 Å². The molecule has 0 spiro atoms. The Morgan fingerprint density at radius 3 is 1.92 bits per heavy atom. The fraction of sp³-hybridized carbons (Fsp3) is 0.273. The molecule has 36 heavy (non-hydrogen) atoms. The number of fused-ring (bicyclic) bond motifs is 2. The Morgan fingerprint density at radius 1 is 0.833 bits per heavy atom. The molecule has 8 N–H and O–H groups in total. The number of aryl methyl sites for hydroxylation is 4. The molecular weight excluding hydrogens is 462 g/mol. The van der Waals surface area contributed by atoms with Gasteiger partial charge in [-0.3, -0.25) is 4.98 Å². The Morgan fingerprint density at radius 2 is 1.39 bits per heavy atom. The summed E-state index contributed by atoms with van der Waals surface area (Å²) in [5.41, 5.74) is 16.4. The van der Waals surface area contributed by atoms with Gasteiger partial charge in [-0.1, -0.05) is 14.0 Å². The highest BCUT2D eigenvalue weighted by Crippen LogP contribution is 2.11. The third kappa shape index (κ3) is 7.86. The van der Waals surface area contributed by atoms with Crippen LogP contribution in [0, 0.1) is 27.7 Å². The van der Waals surface area contributed by atoms with E-state index in [0.717, 1.165) is 34.1 Å². The van der Waals surface area contributed by atoms with Crippen molar-refractivity contribution in [3.8, 4) is 0 Å². The number of nitrogens with zero attached hydrogens (tertiary/aromatic N) is 7. The van der Waals surface area contributed by atoms with E-state index in [1.807, 2.05) is 27.8 Å². The molecule has 0 bridgehead atoms. The molecule has 0 saturated carbocycles. The van der Waals surface area contributed by atoms with Crippen LogP contribution in [-0.2, 0) is 0 Å². The summed E-state index contributed by atoms with van der Waals surface area (Å²) in [5, 5.41) is 2.69. The van der Waals surface area contributed by atoms with Gasteiger partial charge in [0.05, 0.1) is 22.8 Å². The third-order valence-corrected chi connectivity index (χ3v) is 4.42. The maximum absolute atomic E-state index is 10.8. The highest BCUT2D eigenvalue weighted by Gasteiger charge is 2.02. The van der Waals surface area contributed by atoms with Crippen LogP contribution in [0.3, 0.4) is 0 Å². The van der Waals surface area contributed by atoms with Gasteiger partial charge in [0.1, 0.15) is 41.7 Å². The number of imidazole rings is 2. The van der Waals surface area contributed by atoms with Crippen LogP contribution in [0.1, 0.15) is 30.3 Å². The number of hydrogen-bond acceptors (Lipinski definition) is 11. The lowest BCUT2D eigenvalue weighted by Crippen LogP contribution is -2.01. The average molecular weight is 496 g/mol. The number of aromatic amines is 3. The molecule has 5 heterocycles. The molecule has 0 aliphatic carbocycles. The van der Waals surface area contributed by atoms with Crippen molar-refractivity contribution in [2.24, 2.45) is 0 Å². The number of nitrogens with two attached hydrogens (primary N) is 2. The Bertz CT molecular complexity index is 1430. The zero-order valence-corrected chi connectivity index (χ0v) is 20.2. The van der Waals surface area contributed by atoms with Crippen LogP contribution in [0.4, 0.5) is 11.5 Å². The molecule has 0 amide bonds. The van der Waals surface area contributed by atoms with Crippen LogP contribution in [0.5, 0.6) is 0 Å². The van der Waals surface area contributed by atoms with Crippen molar-refractivity contribution in [2.45, 2.75) is 35.1 Å². The zero-order valence-electron chi connectivity index (χ0n) is 20.2. The van der Waals surface area contributed by atoms with Crippen LogP contribution in [0.15, 0.2) is 36.6 Å². The molecule has 5 rings (SSSR count). The van der Waals surface area contributed by atoms with Gasteiger partial charge in [0.2, 0.25) is 0 Å². The minimum atomic E-state index is -0.247. The van der Waals surface area contributed by atoms with Gasteiger partial charge in [-0.05, 0) is 33.9 Å². The molecule has 0 aliphatic rings. The summed E-state index contributed by atoms with van der Waals surface area (Å²) in [6, 6.07) is 0. The number of anilines is 2.